The lowest BCUT2D eigenvalue weighted by molar-refractivity contribution is -0.135. The van der Waals surface area contributed by atoms with Crippen molar-refractivity contribution in [1.29, 1.82) is 0 Å². The molecule has 0 bridgehead atoms. The second kappa shape index (κ2) is 12.0. The predicted octanol–water partition coefficient (Wildman–Crippen LogP) is 1.61. The number of hydrogen-bond acceptors (Lipinski definition) is 6. The van der Waals surface area contributed by atoms with Crippen LogP contribution in [-0.4, -0.2) is 64.6 Å². The molecule has 10 heteroatoms. The number of carbonyl (C=O) groups is 2. The minimum atomic E-state index is -3.87. The molecule has 0 saturated carbocycles. The van der Waals surface area contributed by atoms with E-state index in [1.54, 1.807) is 43.5 Å². The van der Waals surface area contributed by atoms with Crippen LogP contribution in [0.1, 0.15) is 24.0 Å². The van der Waals surface area contributed by atoms with Crippen molar-refractivity contribution in [2.24, 2.45) is 0 Å². The van der Waals surface area contributed by atoms with E-state index < -0.39 is 22.5 Å². The third kappa shape index (κ3) is 7.54. The number of benzene rings is 2. The Morgan fingerprint density at radius 2 is 1.82 bits per heavy atom. The Balaban J connectivity index is 1.65. The van der Waals surface area contributed by atoms with Crippen molar-refractivity contribution in [3.05, 3.63) is 59.7 Å². The van der Waals surface area contributed by atoms with Crippen molar-refractivity contribution in [2.45, 2.75) is 37.3 Å². The van der Waals surface area contributed by atoms with Gasteiger partial charge in [-0.15, -0.1) is 0 Å². The van der Waals surface area contributed by atoms with Crippen LogP contribution in [0.5, 0.6) is 5.75 Å². The highest BCUT2D eigenvalue weighted by atomic mass is 32.2. The number of nitrogens with zero attached hydrogens (tertiary/aromatic N) is 1. The minimum absolute atomic E-state index is 0.0176. The molecule has 1 aliphatic rings. The van der Waals surface area contributed by atoms with Gasteiger partial charge in [0, 0.05) is 19.7 Å². The van der Waals surface area contributed by atoms with E-state index >= 15 is 0 Å². The summed E-state index contributed by atoms with van der Waals surface area (Å²) in [5.74, 6) is -0.181. The van der Waals surface area contributed by atoms with Gasteiger partial charge in [-0.05, 0) is 49.6 Å². The molecule has 184 valence electrons. The summed E-state index contributed by atoms with van der Waals surface area (Å²) in [4.78, 5) is 26.9. The molecular formula is C24H31N3O6S. The molecule has 9 nitrogen and oxygen atoms in total. The van der Waals surface area contributed by atoms with E-state index in [4.69, 9.17) is 9.47 Å². The van der Waals surface area contributed by atoms with E-state index in [2.05, 4.69) is 10.0 Å². The molecule has 0 aromatic heterocycles. The molecule has 34 heavy (non-hydrogen) atoms. The van der Waals surface area contributed by atoms with Crippen LogP contribution >= 0.6 is 0 Å². The number of rotatable bonds is 11. The van der Waals surface area contributed by atoms with E-state index in [1.165, 1.54) is 17.0 Å². The second-order valence-electron chi connectivity index (χ2n) is 8.17. The first-order valence-electron chi connectivity index (χ1n) is 11.1. The Morgan fingerprint density at radius 1 is 1.12 bits per heavy atom. The summed E-state index contributed by atoms with van der Waals surface area (Å²) in [5, 5.41) is 2.80. The van der Waals surface area contributed by atoms with Gasteiger partial charge in [0.15, 0.2) is 0 Å². The molecule has 3 rings (SSSR count). The Kier molecular flexibility index (Phi) is 9.03. The summed E-state index contributed by atoms with van der Waals surface area (Å²) >= 11 is 0. The largest absolute Gasteiger partial charge is 0.497 e. The van der Waals surface area contributed by atoms with Crippen molar-refractivity contribution in [3.63, 3.8) is 0 Å². The smallest absolute Gasteiger partial charge is 0.241 e. The molecule has 1 saturated heterocycles. The lowest BCUT2D eigenvalue weighted by Gasteiger charge is -2.23. The monoisotopic (exact) mass is 489 g/mol. The summed E-state index contributed by atoms with van der Waals surface area (Å²) in [6, 6.07) is 13.4. The SMILES string of the molecule is COc1ccc(CN(CC(=O)NC[C@@H]2CCCO2)C(=O)CNS(=O)(=O)c2ccc(C)cc2)cc1. The van der Waals surface area contributed by atoms with Gasteiger partial charge in [-0.2, -0.15) is 0 Å². The molecule has 1 heterocycles. The highest BCUT2D eigenvalue weighted by Crippen LogP contribution is 2.14. The van der Waals surface area contributed by atoms with Crippen LogP contribution in [0.3, 0.4) is 0 Å². The van der Waals surface area contributed by atoms with Crippen LogP contribution in [0, 0.1) is 6.92 Å². The Hall–Kier alpha value is -2.95. The Bertz CT molecular complexity index is 1060. The number of methoxy groups -OCH3 is 1. The maximum Gasteiger partial charge on any atom is 0.241 e. The average Bonchev–Trinajstić information content (AvgIpc) is 3.35. The van der Waals surface area contributed by atoms with Gasteiger partial charge < -0.3 is 19.7 Å². The fourth-order valence-electron chi connectivity index (χ4n) is 3.52. The summed E-state index contributed by atoms with van der Waals surface area (Å²) in [6.45, 7) is 2.39. The van der Waals surface area contributed by atoms with Crippen molar-refractivity contribution < 1.29 is 27.5 Å². The third-order valence-corrected chi connectivity index (χ3v) is 6.93. The van der Waals surface area contributed by atoms with Gasteiger partial charge >= 0.3 is 0 Å². The number of hydrogen-bond donors (Lipinski definition) is 2. The maximum absolute atomic E-state index is 13.0. The molecule has 2 aromatic carbocycles. The van der Waals surface area contributed by atoms with E-state index in [-0.39, 0.29) is 30.0 Å². The van der Waals surface area contributed by atoms with Crippen LogP contribution in [0.15, 0.2) is 53.4 Å². The van der Waals surface area contributed by atoms with Gasteiger partial charge in [-0.3, -0.25) is 9.59 Å². The zero-order valence-corrected chi connectivity index (χ0v) is 20.3. The van der Waals surface area contributed by atoms with Crippen molar-refractivity contribution in [3.8, 4) is 5.75 Å². The summed E-state index contributed by atoms with van der Waals surface area (Å²) in [7, 11) is -2.31. The molecule has 2 amide bonds. The first-order chi connectivity index (χ1) is 16.3. The zero-order valence-electron chi connectivity index (χ0n) is 19.5. The number of carbonyl (C=O) groups excluding carboxylic acids is 2. The number of amides is 2. The Morgan fingerprint density at radius 3 is 2.44 bits per heavy atom. The quantitative estimate of drug-likeness (QED) is 0.496. The van der Waals surface area contributed by atoms with Crippen LogP contribution in [0.25, 0.3) is 0 Å². The van der Waals surface area contributed by atoms with Gasteiger partial charge in [0.2, 0.25) is 21.8 Å². The molecule has 2 N–H and O–H groups in total. The highest BCUT2D eigenvalue weighted by molar-refractivity contribution is 7.89. The topological polar surface area (TPSA) is 114 Å². The van der Waals surface area contributed by atoms with E-state index in [1.807, 2.05) is 6.92 Å². The molecular weight excluding hydrogens is 458 g/mol. The van der Waals surface area contributed by atoms with E-state index in [9.17, 15) is 18.0 Å². The van der Waals surface area contributed by atoms with E-state index in [0.717, 1.165) is 24.0 Å². The second-order valence-corrected chi connectivity index (χ2v) is 9.94. The fraction of sp³-hybridized carbons (Fsp3) is 0.417. The molecule has 1 fully saturated rings. The number of nitrogens with one attached hydrogen (secondary N) is 2. The maximum atomic E-state index is 13.0. The first kappa shape index (κ1) is 25.7. The molecule has 0 unspecified atom stereocenters. The normalized spacial score (nSPS) is 15.6. The minimum Gasteiger partial charge on any atom is -0.497 e. The number of sulfonamides is 1. The van der Waals surface area contributed by atoms with Gasteiger partial charge in [-0.1, -0.05) is 29.8 Å². The predicted molar refractivity (Wildman–Crippen MR) is 127 cm³/mol. The molecule has 0 radical (unpaired) electrons. The number of aryl methyl sites for hydroxylation is 1. The van der Waals surface area contributed by atoms with Gasteiger partial charge in [0.1, 0.15) is 5.75 Å². The van der Waals surface area contributed by atoms with Crippen molar-refractivity contribution >= 4 is 21.8 Å². The van der Waals surface area contributed by atoms with Crippen molar-refractivity contribution in [2.75, 3.05) is 33.4 Å². The molecule has 0 spiro atoms. The summed E-state index contributed by atoms with van der Waals surface area (Å²) in [5.41, 5.74) is 1.71. The van der Waals surface area contributed by atoms with Crippen LogP contribution < -0.4 is 14.8 Å². The molecule has 2 aromatic rings. The summed E-state index contributed by atoms with van der Waals surface area (Å²) < 4.78 is 38.2. The van der Waals surface area contributed by atoms with Gasteiger partial charge in [0.05, 0.1) is 31.2 Å². The van der Waals surface area contributed by atoms with Crippen LogP contribution in [-0.2, 0) is 30.9 Å². The van der Waals surface area contributed by atoms with Crippen molar-refractivity contribution in [1.82, 2.24) is 14.9 Å². The fourth-order valence-corrected chi connectivity index (χ4v) is 4.49. The lowest BCUT2D eigenvalue weighted by Crippen LogP contribution is -2.45. The number of ether oxygens (including phenoxy) is 2. The first-order valence-corrected chi connectivity index (χ1v) is 12.6. The van der Waals surface area contributed by atoms with Crippen LogP contribution in [0.4, 0.5) is 0 Å². The molecule has 0 aliphatic carbocycles. The standard InChI is InChI=1S/C24H31N3O6S/c1-18-5-11-22(12-6-18)34(30,31)26-15-24(29)27(16-19-7-9-20(32-2)10-8-19)17-23(28)25-14-21-4-3-13-33-21/h5-12,21,26H,3-4,13-17H2,1-2H3,(H,25,28)/t21-/m0/s1. The lowest BCUT2D eigenvalue weighted by atomic mass is 10.2. The zero-order chi connectivity index (χ0) is 24.6. The highest BCUT2D eigenvalue weighted by Gasteiger charge is 2.22. The van der Waals surface area contributed by atoms with E-state index in [0.29, 0.717) is 18.9 Å². The third-order valence-electron chi connectivity index (χ3n) is 5.52. The van der Waals surface area contributed by atoms with Crippen LogP contribution in [0.2, 0.25) is 0 Å². The molecule has 1 atom stereocenters. The Labute approximate surface area is 200 Å². The van der Waals surface area contributed by atoms with Gasteiger partial charge in [-0.25, -0.2) is 13.1 Å². The van der Waals surface area contributed by atoms with Gasteiger partial charge in [0.25, 0.3) is 0 Å². The molecule has 1 aliphatic heterocycles. The summed E-state index contributed by atoms with van der Waals surface area (Å²) in [6.07, 6.45) is 1.83. The average molecular weight is 490 g/mol.